The molecular weight excluding hydrogens is 292 g/mol. The molecule has 118 valence electrons. The highest BCUT2D eigenvalue weighted by Crippen LogP contribution is 2.22. The van der Waals surface area contributed by atoms with E-state index in [-0.39, 0.29) is 13.1 Å². The smallest absolute Gasteiger partial charge is 0.324 e. The predicted octanol–water partition coefficient (Wildman–Crippen LogP) is 1.55. The highest BCUT2D eigenvalue weighted by molar-refractivity contribution is 7.86. The van der Waals surface area contributed by atoms with Crippen LogP contribution in [0.5, 0.6) is 0 Å². The van der Waals surface area contributed by atoms with Gasteiger partial charge in [0.05, 0.1) is 0 Å². The molecule has 0 heterocycles. The van der Waals surface area contributed by atoms with Crippen molar-refractivity contribution < 1.29 is 18.3 Å². The van der Waals surface area contributed by atoms with Crippen molar-refractivity contribution in [1.82, 2.24) is 8.61 Å². The lowest BCUT2D eigenvalue weighted by Gasteiger charge is -2.35. The summed E-state index contributed by atoms with van der Waals surface area (Å²) in [7, 11) is -2.42. The molecule has 0 unspecified atom stereocenters. The van der Waals surface area contributed by atoms with E-state index in [1.165, 1.54) is 20.9 Å². The Morgan fingerprint density at radius 1 is 1.24 bits per heavy atom. The van der Waals surface area contributed by atoms with E-state index in [0.717, 1.165) is 14.2 Å². The molecule has 0 saturated carbocycles. The Balaban J connectivity index is 3.05. The van der Waals surface area contributed by atoms with Crippen molar-refractivity contribution in [3.05, 3.63) is 35.9 Å². The third kappa shape index (κ3) is 3.81. The van der Waals surface area contributed by atoms with Gasteiger partial charge in [-0.25, -0.2) is 0 Å². The molecule has 1 aromatic carbocycles. The normalized spacial score (nSPS) is 12.9. The molecule has 0 atom stereocenters. The van der Waals surface area contributed by atoms with Gasteiger partial charge in [-0.2, -0.15) is 17.0 Å². The van der Waals surface area contributed by atoms with Crippen molar-refractivity contribution in [1.29, 1.82) is 0 Å². The van der Waals surface area contributed by atoms with Crippen molar-refractivity contribution in [2.24, 2.45) is 0 Å². The number of carbonyl (C=O) groups is 1. The number of hydrogen-bond acceptors (Lipinski definition) is 3. The summed E-state index contributed by atoms with van der Waals surface area (Å²) in [5.41, 5.74) is -0.661. The third-order valence-corrected chi connectivity index (χ3v) is 5.54. The van der Waals surface area contributed by atoms with E-state index in [9.17, 15) is 18.3 Å². The summed E-state index contributed by atoms with van der Waals surface area (Å²) < 4.78 is 27.4. The lowest BCUT2D eigenvalue weighted by Crippen LogP contribution is -2.56. The summed E-state index contributed by atoms with van der Waals surface area (Å²) >= 11 is 0. The Hall–Kier alpha value is -1.44. The molecule has 6 nitrogen and oxygen atoms in total. The van der Waals surface area contributed by atoms with Crippen LogP contribution in [0.2, 0.25) is 0 Å². The first-order valence-electron chi connectivity index (χ1n) is 6.65. The van der Waals surface area contributed by atoms with E-state index in [1.54, 1.807) is 6.92 Å². The number of nitrogens with zero attached hydrogens (tertiary/aromatic N) is 2. The summed E-state index contributed by atoms with van der Waals surface area (Å²) in [6.45, 7) is 4.66. The molecule has 0 aliphatic carbocycles. The molecule has 1 N–H and O–H groups in total. The average molecular weight is 314 g/mol. The maximum atomic E-state index is 12.6. The molecule has 0 aliphatic heterocycles. The second kappa shape index (κ2) is 6.55. The van der Waals surface area contributed by atoms with E-state index in [2.05, 4.69) is 0 Å². The maximum Gasteiger partial charge on any atom is 0.324 e. The van der Waals surface area contributed by atoms with Crippen molar-refractivity contribution in [2.45, 2.75) is 32.9 Å². The van der Waals surface area contributed by atoms with Crippen LogP contribution >= 0.6 is 0 Å². The van der Waals surface area contributed by atoms with Gasteiger partial charge in [0.15, 0.2) is 0 Å². The number of hydrogen-bond donors (Lipinski definition) is 1. The van der Waals surface area contributed by atoms with Crippen molar-refractivity contribution in [3.63, 3.8) is 0 Å². The monoisotopic (exact) mass is 314 g/mol. The molecule has 7 heteroatoms. The molecule has 0 aliphatic rings. The number of benzene rings is 1. The number of aliphatic carboxylic acids is 1. The first-order valence-corrected chi connectivity index (χ1v) is 8.05. The fourth-order valence-corrected chi connectivity index (χ4v) is 3.67. The lowest BCUT2D eigenvalue weighted by molar-refractivity contribution is -0.146. The molecular formula is C14H22N2O4S. The van der Waals surface area contributed by atoms with E-state index < -0.39 is 21.7 Å². The molecule has 0 radical (unpaired) electrons. The van der Waals surface area contributed by atoms with Gasteiger partial charge in [-0.3, -0.25) is 4.79 Å². The Morgan fingerprint density at radius 2 is 1.76 bits per heavy atom. The lowest BCUT2D eigenvalue weighted by atomic mass is 10.1. The SMILES string of the molecule is CCN(C(C)(C)C(=O)O)S(=O)(=O)N(C)Cc1ccccc1. The quantitative estimate of drug-likeness (QED) is 0.828. The molecule has 0 aromatic heterocycles. The molecule has 0 spiro atoms. The summed E-state index contributed by atoms with van der Waals surface area (Å²) in [5.74, 6) is -1.18. The summed E-state index contributed by atoms with van der Waals surface area (Å²) in [6, 6.07) is 9.16. The van der Waals surface area contributed by atoms with Crippen LogP contribution in [0.3, 0.4) is 0 Å². The van der Waals surface area contributed by atoms with Crippen LogP contribution in [0.1, 0.15) is 26.3 Å². The zero-order chi connectivity index (χ0) is 16.3. The van der Waals surface area contributed by atoms with Gasteiger partial charge in [-0.15, -0.1) is 0 Å². The fraction of sp³-hybridized carbons (Fsp3) is 0.500. The van der Waals surface area contributed by atoms with Crippen LogP contribution in [0.4, 0.5) is 0 Å². The Kier molecular flexibility index (Phi) is 5.49. The van der Waals surface area contributed by atoms with Gasteiger partial charge >= 0.3 is 5.97 Å². The zero-order valence-electron chi connectivity index (χ0n) is 12.8. The topological polar surface area (TPSA) is 77.9 Å². The zero-order valence-corrected chi connectivity index (χ0v) is 13.6. The Labute approximate surface area is 126 Å². The standard InChI is InChI=1S/C14H22N2O4S/c1-5-16(14(2,3)13(17)18)21(19,20)15(4)11-12-9-7-6-8-10-12/h6-10H,5,11H2,1-4H3,(H,17,18). The fourth-order valence-electron chi connectivity index (χ4n) is 2.04. The van der Waals surface area contributed by atoms with Crippen LogP contribution in [-0.2, 0) is 21.5 Å². The van der Waals surface area contributed by atoms with Gasteiger partial charge in [0.1, 0.15) is 5.54 Å². The highest BCUT2D eigenvalue weighted by Gasteiger charge is 2.42. The van der Waals surface area contributed by atoms with Gasteiger partial charge in [-0.1, -0.05) is 37.3 Å². The molecule has 0 saturated heterocycles. The van der Waals surface area contributed by atoms with Crippen molar-refractivity contribution in [2.75, 3.05) is 13.6 Å². The summed E-state index contributed by atoms with van der Waals surface area (Å²) in [6.07, 6.45) is 0. The predicted molar refractivity (Wildman–Crippen MR) is 80.9 cm³/mol. The molecule has 21 heavy (non-hydrogen) atoms. The first kappa shape index (κ1) is 17.6. The van der Waals surface area contributed by atoms with Crippen molar-refractivity contribution >= 4 is 16.2 Å². The van der Waals surface area contributed by atoms with Crippen LogP contribution in [0, 0.1) is 0 Å². The Bertz CT molecular complexity index is 584. The molecule has 1 rings (SSSR count). The molecule has 0 bridgehead atoms. The summed E-state index contributed by atoms with van der Waals surface area (Å²) in [5, 5.41) is 9.25. The van der Waals surface area contributed by atoms with E-state index in [4.69, 9.17) is 0 Å². The summed E-state index contributed by atoms with van der Waals surface area (Å²) in [4.78, 5) is 11.3. The van der Waals surface area contributed by atoms with E-state index in [0.29, 0.717) is 0 Å². The number of rotatable bonds is 7. The highest BCUT2D eigenvalue weighted by atomic mass is 32.2. The second-order valence-electron chi connectivity index (χ2n) is 5.28. The van der Waals surface area contributed by atoms with Gasteiger partial charge in [0.2, 0.25) is 0 Å². The number of likely N-dealkylation sites (N-methyl/N-ethyl adjacent to an activating group) is 1. The van der Waals surface area contributed by atoms with Gasteiger partial charge in [-0.05, 0) is 19.4 Å². The second-order valence-corrected chi connectivity index (χ2v) is 7.24. The van der Waals surface area contributed by atoms with E-state index in [1.807, 2.05) is 30.3 Å². The van der Waals surface area contributed by atoms with Gasteiger partial charge < -0.3 is 5.11 Å². The minimum Gasteiger partial charge on any atom is -0.480 e. The molecule has 0 amide bonds. The van der Waals surface area contributed by atoms with Crippen LogP contribution in [0.25, 0.3) is 0 Å². The van der Waals surface area contributed by atoms with Crippen LogP contribution in [-0.4, -0.2) is 47.2 Å². The van der Waals surface area contributed by atoms with Gasteiger partial charge in [0.25, 0.3) is 10.2 Å². The average Bonchev–Trinajstić information content (AvgIpc) is 2.39. The number of carboxylic acid groups (broad SMARTS) is 1. The molecule has 1 aromatic rings. The number of carboxylic acids is 1. The van der Waals surface area contributed by atoms with Gasteiger partial charge in [0, 0.05) is 20.1 Å². The van der Waals surface area contributed by atoms with E-state index >= 15 is 0 Å². The third-order valence-electron chi connectivity index (χ3n) is 3.35. The van der Waals surface area contributed by atoms with Crippen LogP contribution < -0.4 is 0 Å². The van der Waals surface area contributed by atoms with Crippen LogP contribution in [0.15, 0.2) is 30.3 Å². The molecule has 0 fully saturated rings. The van der Waals surface area contributed by atoms with Crippen molar-refractivity contribution in [3.8, 4) is 0 Å². The first-order chi connectivity index (χ1) is 9.64. The Morgan fingerprint density at radius 3 is 2.19 bits per heavy atom. The maximum absolute atomic E-state index is 12.6. The minimum atomic E-state index is -3.87. The largest absolute Gasteiger partial charge is 0.480 e. The minimum absolute atomic E-state index is 0.0841.